The van der Waals surface area contributed by atoms with Crippen LogP contribution in [-0.4, -0.2) is 10.2 Å². The lowest BCUT2D eigenvalue weighted by Gasteiger charge is -2.57. The Labute approximate surface area is 191 Å². The van der Waals surface area contributed by atoms with Crippen LogP contribution >= 0.6 is 0 Å². The van der Waals surface area contributed by atoms with Crippen molar-refractivity contribution < 1.29 is 10.2 Å². The van der Waals surface area contributed by atoms with Gasteiger partial charge in [-0.2, -0.15) is 0 Å². The predicted molar refractivity (Wildman–Crippen MR) is 127 cm³/mol. The van der Waals surface area contributed by atoms with Crippen molar-refractivity contribution in [3.63, 3.8) is 0 Å². The van der Waals surface area contributed by atoms with E-state index in [-0.39, 0.29) is 10.8 Å². The summed E-state index contributed by atoms with van der Waals surface area (Å²) in [5.41, 5.74) is 3.13. The van der Waals surface area contributed by atoms with Crippen molar-refractivity contribution in [3.8, 4) is 11.5 Å². The zero-order valence-corrected chi connectivity index (χ0v) is 19.2. The van der Waals surface area contributed by atoms with Gasteiger partial charge in [-0.05, 0) is 153 Å². The summed E-state index contributed by atoms with van der Waals surface area (Å²) in [6.07, 6.45) is 16.3. The first kappa shape index (κ1) is 18.7. The van der Waals surface area contributed by atoms with Gasteiger partial charge in [-0.1, -0.05) is 6.07 Å². The van der Waals surface area contributed by atoms with Crippen molar-refractivity contribution in [3.05, 3.63) is 35.4 Å². The monoisotopic (exact) mass is 428 g/mol. The fraction of sp³-hybridized carbons (Fsp3) is 0.667. The molecule has 0 spiro atoms. The van der Waals surface area contributed by atoms with Crippen molar-refractivity contribution in [1.29, 1.82) is 0 Å². The van der Waals surface area contributed by atoms with E-state index in [0.717, 1.165) is 46.3 Å². The van der Waals surface area contributed by atoms with Crippen LogP contribution in [0.1, 0.15) is 88.2 Å². The lowest BCUT2D eigenvalue weighted by molar-refractivity contribution is -0.00528. The van der Waals surface area contributed by atoms with E-state index in [2.05, 4.69) is 18.2 Å². The second kappa shape index (κ2) is 6.05. The van der Waals surface area contributed by atoms with Crippen molar-refractivity contribution in [2.45, 2.75) is 87.9 Å². The van der Waals surface area contributed by atoms with Gasteiger partial charge in [-0.15, -0.1) is 0 Å². The van der Waals surface area contributed by atoms with Gasteiger partial charge < -0.3 is 10.2 Å². The van der Waals surface area contributed by atoms with E-state index in [1.165, 1.54) is 88.2 Å². The molecular weight excluding hydrogens is 392 g/mol. The quantitative estimate of drug-likeness (QED) is 0.531. The lowest BCUT2D eigenvalue weighted by Crippen LogP contribution is -2.48. The molecule has 0 aliphatic heterocycles. The maximum absolute atomic E-state index is 11.5. The lowest BCUT2D eigenvalue weighted by atomic mass is 9.47. The summed E-state index contributed by atoms with van der Waals surface area (Å²) in [5.74, 6) is 6.06. The molecule has 2 nitrogen and oxygen atoms in total. The minimum Gasteiger partial charge on any atom is -0.507 e. The van der Waals surface area contributed by atoms with Crippen LogP contribution in [-0.2, 0) is 10.8 Å². The molecule has 0 heterocycles. The molecule has 0 saturated heterocycles. The molecule has 2 aromatic carbocycles. The van der Waals surface area contributed by atoms with E-state index < -0.39 is 0 Å². The minimum atomic E-state index is 0.223. The fourth-order valence-electron chi connectivity index (χ4n) is 11.1. The Balaban J connectivity index is 1.29. The maximum Gasteiger partial charge on any atom is 0.124 e. The standard InChI is InChI=1S/C30H36O2/c31-26-2-1-25(30-14-20-6-21(15-30)8-22(7-20)16-30)28-24(26)9-23(10-27(28)32)29-11-17-3-18(12-29)5-19(4-17)13-29/h1-2,9-10,17-22,31-32H,3-8,11-16H2. The summed E-state index contributed by atoms with van der Waals surface area (Å²) in [6, 6.07) is 8.56. The van der Waals surface area contributed by atoms with Crippen molar-refractivity contribution in [2.24, 2.45) is 35.5 Å². The predicted octanol–water partition coefficient (Wildman–Crippen LogP) is 7.19. The summed E-state index contributed by atoms with van der Waals surface area (Å²) in [4.78, 5) is 0. The second-order valence-corrected chi connectivity index (χ2v) is 13.4. The fourth-order valence-corrected chi connectivity index (χ4v) is 11.1. The molecule has 2 aromatic rings. The van der Waals surface area contributed by atoms with Gasteiger partial charge in [0.05, 0.1) is 0 Å². The van der Waals surface area contributed by atoms with E-state index in [4.69, 9.17) is 0 Å². The molecule has 0 amide bonds. The highest BCUT2D eigenvalue weighted by Crippen LogP contribution is 2.64. The zero-order valence-electron chi connectivity index (χ0n) is 19.2. The molecule has 168 valence electrons. The first-order chi connectivity index (χ1) is 15.5. The molecule has 32 heavy (non-hydrogen) atoms. The average molecular weight is 429 g/mol. The molecule has 10 rings (SSSR count). The van der Waals surface area contributed by atoms with Gasteiger partial charge in [0.1, 0.15) is 11.5 Å². The van der Waals surface area contributed by atoms with Gasteiger partial charge in [0.2, 0.25) is 0 Å². The number of hydrogen-bond donors (Lipinski definition) is 2. The molecular formula is C30H36O2. The minimum absolute atomic E-state index is 0.223. The number of rotatable bonds is 2. The smallest absolute Gasteiger partial charge is 0.124 e. The largest absolute Gasteiger partial charge is 0.507 e. The highest BCUT2D eigenvalue weighted by Gasteiger charge is 2.53. The molecule has 8 fully saturated rings. The molecule has 0 radical (unpaired) electrons. The molecule has 0 aromatic heterocycles. The van der Waals surface area contributed by atoms with Crippen molar-refractivity contribution >= 4 is 10.8 Å². The van der Waals surface area contributed by atoms with Gasteiger partial charge in [0.25, 0.3) is 0 Å². The number of aromatic hydroxyl groups is 2. The molecule has 0 unspecified atom stereocenters. The zero-order chi connectivity index (χ0) is 21.2. The molecule has 0 atom stereocenters. The highest BCUT2D eigenvalue weighted by molar-refractivity contribution is 5.97. The Morgan fingerprint density at radius 2 is 1.03 bits per heavy atom. The molecule has 2 heteroatoms. The number of phenolic OH excluding ortho intramolecular Hbond substituents is 2. The third kappa shape index (κ3) is 2.42. The summed E-state index contributed by atoms with van der Waals surface area (Å²) < 4.78 is 0. The molecule has 8 aliphatic rings. The summed E-state index contributed by atoms with van der Waals surface area (Å²) in [5, 5.41) is 24.4. The maximum atomic E-state index is 11.5. The number of fused-ring (bicyclic) bond motifs is 1. The normalized spacial score (nSPS) is 45.8. The summed E-state index contributed by atoms with van der Waals surface area (Å²) in [6.45, 7) is 0. The average Bonchev–Trinajstić information content (AvgIpc) is 2.72. The van der Waals surface area contributed by atoms with Crippen LogP contribution in [0.4, 0.5) is 0 Å². The van der Waals surface area contributed by atoms with Crippen LogP contribution in [0.15, 0.2) is 24.3 Å². The third-order valence-electron chi connectivity index (χ3n) is 11.3. The number of hydrogen-bond acceptors (Lipinski definition) is 2. The molecule has 8 bridgehead atoms. The summed E-state index contributed by atoms with van der Waals surface area (Å²) in [7, 11) is 0. The van der Waals surface area contributed by atoms with Gasteiger partial charge in [-0.3, -0.25) is 0 Å². The van der Waals surface area contributed by atoms with Crippen LogP contribution < -0.4 is 0 Å². The van der Waals surface area contributed by atoms with E-state index >= 15 is 0 Å². The van der Waals surface area contributed by atoms with Gasteiger partial charge >= 0.3 is 0 Å². The number of benzene rings is 2. The highest BCUT2D eigenvalue weighted by atomic mass is 16.3. The van der Waals surface area contributed by atoms with Crippen LogP contribution in [0.2, 0.25) is 0 Å². The first-order valence-corrected chi connectivity index (χ1v) is 13.5. The van der Waals surface area contributed by atoms with Gasteiger partial charge in [0, 0.05) is 10.8 Å². The van der Waals surface area contributed by atoms with E-state index in [1.807, 2.05) is 6.07 Å². The Bertz CT molecular complexity index is 1060. The van der Waals surface area contributed by atoms with Gasteiger partial charge in [-0.25, -0.2) is 0 Å². The van der Waals surface area contributed by atoms with Crippen LogP contribution in [0, 0.1) is 35.5 Å². The third-order valence-corrected chi connectivity index (χ3v) is 11.3. The molecule has 2 N–H and O–H groups in total. The Kier molecular flexibility index (Phi) is 3.53. The number of phenols is 2. The van der Waals surface area contributed by atoms with E-state index in [1.54, 1.807) is 0 Å². The molecule has 8 saturated carbocycles. The Morgan fingerprint density at radius 3 is 1.53 bits per heavy atom. The SMILES string of the molecule is Oc1ccc(C23CC4CC(CC(C4)C2)C3)c2c(O)cc(C34CC5CC(CC(C5)C3)C4)cc12. The van der Waals surface area contributed by atoms with Crippen LogP contribution in [0.25, 0.3) is 10.8 Å². The Morgan fingerprint density at radius 1 is 0.562 bits per heavy atom. The first-order valence-electron chi connectivity index (χ1n) is 13.5. The Hall–Kier alpha value is -1.70. The van der Waals surface area contributed by atoms with Crippen molar-refractivity contribution in [2.75, 3.05) is 0 Å². The topological polar surface area (TPSA) is 40.5 Å². The van der Waals surface area contributed by atoms with Gasteiger partial charge in [0.15, 0.2) is 0 Å². The van der Waals surface area contributed by atoms with Crippen molar-refractivity contribution in [1.82, 2.24) is 0 Å². The molecule has 8 aliphatic carbocycles. The second-order valence-electron chi connectivity index (χ2n) is 13.4. The summed E-state index contributed by atoms with van der Waals surface area (Å²) >= 11 is 0. The van der Waals surface area contributed by atoms with E-state index in [9.17, 15) is 10.2 Å². The van der Waals surface area contributed by atoms with Crippen LogP contribution in [0.3, 0.4) is 0 Å². The van der Waals surface area contributed by atoms with E-state index in [0.29, 0.717) is 11.5 Å². The van der Waals surface area contributed by atoms with Crippen LogP contribution in [0.5, 0.6) is 11.5 Å².